The van der Waals surface area contributed by atoms with Crippen LogP contribution < -0.4 is 9.46 Å². The largest absolute Gasteiger partial charge is 0.460 e. The molecule has 3 rings (SSSR count). The minimum absolute atomic E-state index is 0.00198. The van der Waals surface area contributed by atoms with Gasteiger partial charge in [0.25, 0.3) is 10.2 Å². The van der Waals surface area contributed by atoms with Gasteiger partial charge in [0.1, 0.15) is 6.10 Å². The maximum atomic E-state index is 12.2. The van der Waals surface area contributed by atoms with E-state index >= 15 is 0 Å². The molecular formula is C14H22N4O3S. The molecule has 2 heterocycles. The van der Waals surface area contributed by atoms with Gasteiger partial charge in [-0.1, -0.05) is 0 Å². The number of nitrogens with one attached hydrogen (secondary N) is 1. The second-order valence-corrected chi connectivity index (χ2v) is 7.55. The monoisotopic (exact) mass is 326 g/mol. The van der Waals surface area contributed by atoms with E-state index in [2.05, 4.69) is 14.7 Å². The zero-order valence-electron chi connectivity index (χ0n) is 12.5. The third kappa shape index (κ3) is 3.93. The van der Waals surface area contributed by atoms with Gasteiger partial charge in [-0.2, -0.15) is 17.4 Å². The van der Waals surface area contributed by atoms with E-state index in [0.29, 0.717) is 19.1 Å². The van der Waals surface area contributed by atoms with Crippen LogP contribution in [0.1, 0.15) is 38.5 Å². The van der Waals surface area contributed by atoms with Crippen LogP contribution in [0.3, 0.4) is 0 Å². The van der Waals surface area contributed by atoms with Gasteiger partial charge in [0.15, 0.2) is 0 Å². The van der Waals surface area contributed by atoms with Crippen LogP contribution in [0.25, 0.3) is 0 Å². The maximum absolute atomic E-state index is 12.2. The molecule has 1 aliphatic heterocycles. The smallest absolute Gasteiger partial charge is 0.316 e. The molecule has 0 radical (unpaired) electrons. The van der Waals surface area contributed by atoms with E-state index in [1.807, 2.05) is 0 Å². The molecule has 0 spiro atoms. The Morgan fingerprint density at radius 1 is 1.09 bits per heavy atom. The number of hydrogen-bond donors (Lipinski definition) is 1. The third-order valence-electron chi connectivity index (χ3n) is 4.21. The Labute approximate surface area is 131 Å². The van der Waals surface area contributed by atoms with Crippen molar-refractivity contribution in [3.63, 3.8) is 0 Å². The van der Waals surface area contributed by atoms with E-state index in [1.54, 1.807) is 22.8 Å². The molecule has 2 aliphatic rings. The van der Waals surface area contributed by atoms with E-state index in [9.17, 15) is 8.42 Å². The first kappa shape index (κ1) is 15.6. The minimum atomic E-state index is -3.32. The van der Waals surface area contributed by atoms with E-state index in [4.69, 9.17) is 4.74 Å². The van der Waals surface area contributed by atoms with Crippen molar-refractivity contribution in [2.75, 3.05) is 13.1 Å². The lowest BCUT2D eigenvalue weighted by molar-refractivity contribution is 0.132. The molecule has 0 aromatic carbocycles. The fourth-order valence-electron chi connectivity index (χ4n) is 3.01. The zero-order chi connectivity index (χ0) is 15.4. The average molecular weight is 326 g/mol. The van der Waals surface area contributed by atoms with Crippen molar-refractivity contribution in [3.8, 4) is 6.01 Å². The van der Waals surface area contributed by atoms with E-state index in [0.717, 1.165) is 38.5 Å². The topological polar surface area (TPSA) is 84.4 Å². The first-order chi connectivity index (χ1) is 10.6. The molecular weight excluding hydrogens is 304 g/mol. The van der Waals surface area contributed by atoms with Crippen LogP contribution in [0.5, 0.6) is 6.01 Å². The van der Waals surface area contributed by atoms with Gasteiger partial charge in [-0.25, -0.2) is 9.97 Å². The average Bonchev–Trinajstić information content (AvgIpc) is 3.05. The summed E-state index contributed by atoms with van der Waals surface area (Å²) in [6.45, 7) is 1.28. The molecule has 1 saturated heterocycles. The molecule has 8 heteroatoms. The van der Waals surface area contributed by atoms with E-state index < -0.39 is 10.2 Å². The predicted molar refractivity (Wildman–Crippen MR) is 81.6 cm³/mol. The summed E-state index contributed by atoms with van der Waals surface area (Å²) in [5.74, 6) is 0. The Bertz CT molecular complexity index is 567. The van der Waals surface area contributed by atoms with Gasteiger partial charge in [-0.3, -0.25) is 0 Å². The first-order valence-electron chi connectivity index (χ1n) is 7.84. The van der Waals surface area contributed by atoms with Gasteiger partial charge >= 0.3 is 6.01 Å². The van der Waals surface area contributed by atoms with Crippen LogP contribution in [-0.2, 0) is 10.2 Å². The molecule has 1 saturated carbocycles. The summed E-state index contributed by atoms with van der Waals surface area (Å²) in [7, 11) is -3.32. The first-order valence-corrected chi connectivity index (χ1v) is 9.28. The summed E-state index contributed by atoms with van der Waals surface area (Å²) >= 11 is 0. The van der Waals surface area contributed by atoms with Crippen molar-refractivity contribution < 1.29 is 13.2 Å². The Kier molecular flexibility index (Phi) is 4.90. The van der Waals surface area contributed by atoms with Crippen LogP contribution in [0.15, 0.2) is 18.5 Å². The zero-order valence-corrected chi connectivity index (χ0v) is 13.3. The van der Waals surface area contributed by atoms with Gasteiger partial charge < -0.3 is 4.74 Å². The van der Waals surface area contributed by atoms with Crippen molar-refractivity contribution in [2.45, 2.75) is 50.7 Å². The molecule has 7 nitrogen and oxygen atoms in total. The summed E-state index contributed by atoms with van der Waals surface area (Å²) in [6, 6.07) is 2.14. The molecule has 122 valence electrons. The Morgan fingerprint density at radius 2 is 1.73 bits per heavy atom. The molecule has 0 bridgehead atoms. The highest BCUT2D eigenvalue weighted by Crippen LogP contribution is 2.23. The fraction of sp³-hybridized carbons (Fsp3) is 0.714. The quantitative estimate of drug-likeness (QED) is 0.876. The number of ether oxygens (including phenoxy) is 1. The number of rotatable bonds is 5. The van der Waals surface area contributed by atoms with Gasteiger partial charge in [-0.15, -0.1) is 0 Å². The van der Waals surface area contributed by atoms with Crippen LogP contribution in [-0.4, -0.2) is 47.9 Å². The molecule has 0 unspecified atom stereocenters. The Balaban J connectivity index is 1.47. The van der Waals surface area contributed by atoms with Crippen molar-refractivity contribution in [2.24, 2.45) is 0 Å². The van der Waals surface area contributed by atoms with Crippen LogP contribution in [0, 0.1) is 0 Å². The predicted octanol–water partition coefficient (Wildman–Crippen LogP) is 1.10. The summed E-state index contributed by atoms with van der Waals surface area (Å²) < 4.78 is 34.6. The second-order valence-electron chi connectivity index (χ2n) is 5.85. The number of aromatic nitrogens is 2. The van der Waals surface area contributed by atoms with Crippen molar-refractivity contribution in [1.29, 1.82) is 0 Å². The van der Waals surface area contributed by atoms with Gasteiger partial charge in [0, 0.05) is 31.5 Å². The minimum Gasteiger partial charge on any atom is -0.460 e. The lowest BCUT2D eigenvalue weighted by atomic mass is 9.94. The Hall–Kier alpha value is -1.25. The maximum Gasteiger partial charge on any atom is 0.316 e. The lowest BCUT2D eigenvalue weighted by Crippen LogP contribution is -2.46. The van der Waals surface area contributed by atoms with Gasteiger partial charge in [0.05, 0.1) is 0 Å². The highest BCUT2D eigenvalue weighted by Gasteiger charge is 2.30. The molecule has 0 atom stereocenters. The van der Waals surface area contributed by atoms with Crippen molar-refractivity contribution in [3.05, 3.63) is 18.5 Å². The Morgan fingerprint density at radius 3 is 2.36 bits per heavy atom. The standard InChI is InChI=1S/C14H22N4O3S/c19-22(20,18-10-1-2-11-18)17-12-4-6-13(7-5-12)21-14-15-8-3-9-16-14/h3,8-9,12-13,17H,1-2,4-7,10-11H2. The molecule has 2 fully saturated rings. The summed E-state index contributed by atoms with van der Waals surface area (Å²) in [5.41, 5.74) is 0. The van der Waals surface area contributed by atoms with Crippen LogP contribution >= 0.6 is 0 Å². The molecule has 1 aliphatic carbocycles. The van der Waals surface area contributed by atoms with E-state index in [1.165, 1.54) is 0 Å². The summed E-state index contributed by atoms with van der Waals surface area (Å²) in [4.78, 5) is 8.10. The fourth-order valence-corrected chi connectivity index (χ4v) is 4.55. The van der Waals surface area contributed by atoms with Crippen LogP contribution in [0.2, 0.25) is 0 Å². The lowest BCUT2D eigenvalue weighted by Gasteiger charge is -2.29. The van der Waals surface area contributed by atoms with Crippen LogP contribution in [0.4, 0.5) is 0 Å². The number of nitrogens with zero attached hydrogens (tertiary/aromatic N) is 3. The highest BCUT2D eigenvalue weighted by atomic mass is 32.2. The number of hydrogen-bond acceptors (Lipinski definition) is 5. The third-order valence-corrected chi connectivity index (χ3v) is 5.89. The normalized spacial score (nSPS) is 26.9. The molecule has 1 aromatic heterocycles. The van der Waals surface area contributed by atoms with Gasteiger partial charge in [-0.05, 0) is 44.6 Å². The molecule has 22 heavy (non-hydrogen) atoms. The molecule has 1 N–H and O–H groups in total. The SMILES string of the molecule is O=S(=O)(NC1CCC(Oc2ncccn2)CC1)N1CCCC1. The second kappa shape index (κ2) is 6.89. The van der Waals surface area contributed by atoms with Crippen molar-refractivity contribution >= 4 is 10.2 Å². The molecule has 1 aromatic rings. The molecule has 0 amide bonds. The highest BCUT2D eigenvalue weighted by molar-refractivity contribution is 7.87. The van der Waals surface area contributed by atoms with Crippen molar-refractivity contribution in [1.82, 2.24) is 19.0 Å². The summed E-state index contributed by atoms with van der Waals surface area (Å²) in [5, 5.41) is 0. The van der Waals surface area contributed by atoms with Gasteiger partial charge in [0.2, 0.25) is 0 Å². The van der Waals surface area contributed by atoms with E-state index in [-0.39, 0.29) is 12.1 Å². The summed E-state index contributed by atoms with van der Waals surface area (Å²) in [6.07, 6.45) is 8.47.